The lowest BCUT2D eigenvalue weighted by atomic mass is 10.2. The molecule has 0 saturated carbocycles. The van der Waals surface area contributed by atoms with Crippen molar-refractivity contribution in [3.8, 4) is 0 Å². The van der Waals surface area contributed by atoms with Crippen LogP contribution in [0.3, 0.4) is 0 Å². The number of fused-ring (bicyclic) bond motifs is 1. The Morgan fingerprint density at radius 2 is 2.00 bits per heavy atom. The average Bonchev–Trinajstić information content (AvgIpc) is 2.68. The monoisotopic (exact) mass is 270 g/mol. The quantitative estimate of drug-likeness (QED) is 0.727. The summed E-state index contributed by atoms with van der Waals surface area (Å²) >= 11 is 1.61. The predicted octanol–water partition coefficient (Wildman–Crippen LogP) is 3.01. The normalized spacial score (nSPS) is 11.1. The second-order valence-electron chi connectivity index (χ2n) is 4.45. The van der Waals surface area contributed by atoms with Crippen LogP contribution in [0, 0.1) is 6.92 Å². The summed E-state index contributed by atoms with van der Waals surface area (Å²) in [6, 6.07) is 11.9. The van der Waals surface area contributed by atoms with Crippen LogP contribution in [-0.4, -0.2) is 14.8 Å². The minimum Gasteiger partial charge on any atom is -0.399 e. The third-order valence-corrected chi connectivity index (χ3v) is 3.88. The summed E-state index contributed by atoms with van der Waals surface area (Å²) in [5.74, 6) is 0. The van der Waals surface area contributed by atoms with Gasteiger partial charge in [0, 0.05) is 18.1 Å². The summed E-state index contributed by atoms with van der Waals surface area (Å²) in [6.07, 6.45) is 0. The Morgan fingerprint density at radius 3 is 2.74 bits per heavy atom. The number of rotatable bonds is 2. The fraction of sp³-hybridized carbons (Fsp3) is 0.143. The average molecular weight is 270 g/mol. The third kappa shape index (κ3) is 2.42. The molecular weight excluding hydrogens is 256 g/mol. The fourth-order valence-corrected chi connectivity index (χ4v) is 2.87. The lowest BCUT2D eigenvalue weighted by Crippen LogP contribution is -1.93. The Labute approximate surface area is 115 Å². The lowest BCUT2D eigenvalue weighted by Gasteiger charge is -2.03. The van der Waals surface area contributed by atoms with Gasteiger partial charge in [0.05, 0.1) is 11.2 Å². The maximum atomic E-state index is 5.76. The van der Waals surface area contributed by atoms with Gasteiger partial charge in [-0.15, -0.1) is 0 Å². The molecule has 0 aliphatic carbocycles. The van der Waals surface area contributed by atoms with E-state index in [9.17, 15) is 0 Å². The number of aromatic nitrogens is 3. The van der Waals surface area contributed by atoms with Crippen LogP contribution in [0.4, 0.5) is 5.69 Å². The number of benzene rings is 1. The number of anilines is 1. The van der Waals surface area contributed by atoms with Crippen LogP contribution in [0.5, 0.6) is 0 Å². The van der Waals surface area contributed by atoms with E-state index in [0.29, 0.717) is 0 Å². The predicted molar refractivity (Wildman–Crippen MR) is 78.2 cm³/mol. The van der Waals surface area contributed by atoms with Gasteiger partial charge in [-0.3, -0.25) is 4.68 Å². The first-order valence-corrected chi connectivity index (χ1v) is 6.78. The van der Waals surface area contributed by atoms with Gasteiger partial charge in [0.2, 0.25) is 0 Å². The first-order chi connectivity index (χ1) is 9.11. The maximum Gasteiger partial charge on any atom is 0.103 e. The number of nitrogens with two attached hydrogens (primary N) is 1. The summed E-state index contributed by atoms with van der Waals surface area (Å²) in [7, 11) is 1.94. The van der Waals surface area contributed by atoms with Crippen LogP contribution in [0.2, 0.25) is 0 Å². The molecule has 0 bridgehead atoms. The standard InChI is InChI=1S/C14H14N4S/c1-9-7-14(18(2)17-9)19-13-6-3-10-8-11(15)4-5-12(10)16-13/h3-8H,15H2,1-2H3. The Bertz CT molecular complexity index is 748. The van der Waals surface area contributed by atoms with Crippen molar-refractivity contribution in [1.82, 2.24) is 14.8 Å². The number of hydrogen-bond acceptors (Lipinski definition) is 4. The van der Waals surface area contributed by atoms with Crippen molar-refractivity contribution in [3.63, 3.8) is 0 Å². The highest BCUT2D eigenvalue weighted by molar-refractivity contribution is 7.99. The minimum atomic E-state index is 0.761. The van der Waals surface area contributed by atoms with Crippen molar-refractivity contribution in [1.29, 1.82) is 0 Å². The molecule has 0 aliphatic rings. The molecule has 0 atom stereocenters. The molecule has 1 aromatic carbocycles. The summed E-state index contributed by atoms with van der Waals surface area (Å²) in [4.78, 5) is 4.63. The summed E-state index contributed by atoms with van der Waals surface area (Å²) < 4.78 is 1.87. The Balaban J connectivity index is 1.97. The van der Waals surface area contributed by atoms with E-state index in [1.54, 1.807) is 11.8 Å². The van der Waals surface area contributed by atoms with E-state index in [1.807, 2.05) is 49.0 Å². The first-order valence-electron chi connectivity index (χ1n) is 5.96. The zero-order valence-corrected chi connectivity index (χ0v) is 11.6. The molecule has 0 saturated heterocycles. The molecule has 0 amide bonds. The molecular formula is C14H14N4S. The molecule has 2 N–H and O–H groups in total. The van der Waals surface area contributed by atoms with E-state index in [4.69, 9.17) is 5.73 Å². The molecule has 0 aliphatic heterocycles. The molecule has 96 valence electrons. The molecule has 2 heterocycles. The molecule has 3 rings (SSSR count). The fourth-order valence-electron chi connectivity index (χ4n) is 1.97. The van der Waals surface area contributed by atoms with E-state index in [0.717, 1.165) is 32.3 Å². The van der Waals surface area contributed by atoms with Crippen molar-refractivity contribution < 1.29 is 0 Å². The lowest BCUT2D eigenvalue weighted by molar-refractivity contribution is 0.692. The summed E-state index contributed by atoms with van der Waals surface area (Å²) in [6.45, 7) is 1.99. The SMILES string of the molecule is Cc1cc(Sc2ccc3cc(N)ccc3n2)n(C)n1. The first kappa shape index (κ1) is 12.0. The van der Waals surface area contributed by atoms with E-state index < -0.39 is 0 Å². The van der Waals surface area contributed by atoms with Gasteiger partial charge < -0.3 is 5.73 Å². The van der Waals surface area contributed by atoms with Gasteiger partial charge in [-0.2, -0.15) is 5.10 Å². The maximum absolute atomic E-state index is 5.76. The van der Waals surface area contributed by atoms with Crippen LogP contribution < -0.4 is 5.73 Å². The zero-order valence-electron chi connectivity index (χ0n) is 10.8. The molecule has 2 aromatic heterocycles. The van der Waals surface area contributed by atoms with E-state index >= 15 is 0 Å². The molecule has 4 nitrogen and oxygen atoms in total. The van der Waals surface area contributed by atoms with Gasteiger partial charge in [-0.05, 0) is 37.3 Å². The van der Waals surface area contributed by atoms with Gasteiger partial charge in [0.25, 0.3) is 0 Å². The van der Waals surface area contributed by atoms with E-state index in [1.165, 1.54) is 0 Å². The molecule has 0 unspecified atom stereocenters. The highest BCUT2D eigenvalue weighted by Crippen LogP contribution is 2.28. The molecule has 3 aromatic rings. The van der Waals surface area contributed by atoms with Gasteiger partial charge in [-0.1, -0.05) is 17.8 Å². The van der Waals surface area contributed by atoms with Crippen molar-refractivity contribution in [2.24, 2.45) is 7.05 Å². The second kappa shape index (κ2) is 4.59. The number of nitrogens with zero attached hydrogens (tertiary/aromatic N) is 3. The van der Waals surface area contributed by atoms with Gasteiger partial charge in [0.1, 0.15) is 10.1 Å². The van der Waals surface area contributed by atoms with Gasteiger partial charge >= 0.3 is 0 Å². The van der Waals surface area contributed by atoms with E-state index in [2.05, 4.69) is 16.1 Å². The topological polar surface area (TPSA) is 56.7 Å². The number of hydrogen-bond donors (Lipinski definition) is 1. The Morgan fingerprint density at radius 1 is 1.16 bits per heavy atom. The largest absolute Gasteiger partial charge is 0.399 e. The second-order valence-corrected chi connectivity index (χ2v) is 5.49. The van der Waals surface area contributed by atoms with Gasteiger partial charge in [-0.25, -0.2) is 4.98 Å². The summed E-state index contributed by atoms with van der Waals surface area (Å²) in [5.41, 5.74) is 8.49. The van der Waals surface area contributed by atoms with Crippen molar-refractivity contribution >= 4 is 28.4 Å². The zero-order chi connectivity index (χ0) is 13.4. The molecule has 0 radical (unpaired) electrons. The highest BCUT2D eigenvalue weighted by Gasteiger charge is 2.06. The minimum absolute atomic E-state index is 0.761. The molecule has 5 heteroatoms. The van der Waals surface area contributed by atoms with Crippen molar-refractivity contribution in [2.45, 2.75) is 17.0 Å². The smallest absolute Gasteiger partial charge is 0.103 e. The number of aryl methyl sites for hydroxylation is 2. The molecule has 0 fully saturated rings. The van der Waals surface area contributed by atoms with Crippen molar-refractivity contribution in [2.75, 3.05) is 5.73 Å². The Kier molecular flexibility index (Phi) is 2.91. The Hall–Kier alpha value is -2.01. The van der Waals surface area contributed by atoms with E-state index in [-0.39, 0.29) is 0 Å². The summed E-state index contributed by atoms with van der Waals surface area (Å²) in [5, 5.41) is 7.44. The van der Waals surface area contributed by atoms with Crippen LogP contribution in [0.15, 0.2) is 46.5 Å². The molecule has 0 spiro atoms. The van der Waals surface area contributed by atoms with Crippen LogP contribution in [-0.2, 0) is 7.05 Å². The van der Waals surface area contributed by atoms with Crippen LogP contribution in [0.25, 0.3) is 10.9 Å². The van der Waals surface area contributed by atoms with Crippen molar-refractivity contribution in [3.05, 3.63) is 42.1 Å². The third-order valence-electron chi connectivity index (χ3n) is 2.86. The number of nitrogen functional groups attached to an aromatic ring is 1. The van der Waals surface area contributed by atoms with Crippen LogP contribution >= 0.6 is 11.8 Å². The highest BCUT2D eigenvalue weighted by atomic mass is 32.2. The number of pyridine rings is 1. The van der Waals surface area contributed by atoms with Gasteiger partial charge in [0.15, 0.2) is 0 Å². The van der Waals surface area contributed by atoms with Crippen LogP contribution in [0.1, 0.15) is 5.69 Å². The molecule has 19 heavy (non-hydrogen) atoms.